The lowest BCUT2D eigenvalue weighted by atomic mass is 10.2. The Morgan fingerprint density at radius 3 is 2.73 bits per heavy atom. The Balaban J connectivity index is 2.41. The molecule has 0 aromatic heterocycles. The summed E-state index contributed by atoms with van der Waals surface area (Å²) in [5.41, 5.74) is 3.34. The van der Waals surface area contributed by atoms with E-state index >= 15 is 0 Å². The number of aromatic hydroxyl groups is 2. The Morgan fingerprint density at radius 2 is 2.07 bits per heavy atom. The number of para-hydroxylation sites is 1. The number of benzene rings is 1. The third-order valence-electron chi connectivity index (χ3n) is 1.88. The summed E-state index contributed by atoms with van der Waals surface area (Å²) in [4.78, 5) is 5.15. The van der Waals surface area contributed by atoms with Gasteiger partial charge in [-0.25, -0.2) is 0 Å². The van der Waals surface area contributed by atoms with E-state index in [1.807, 2.05) is 13.8 Å². The van der Waals surface area contributed by atoms with Crippen LogP contribution in [0.15, 0.2) is 18.2 Å². The maximum atomic E-state index is 9.46. The van der Waals surface area contributed by atoms with Gasteiger partial charge in [-0.3, -0.25) is 0 Å². The maximum Gasteiger partial charge on any atom is 0.162 e. The van der Waals surface area contributed by atoms with Gasteiger partial charge in [0.05, 0.1) is 6.61 Å². The molecule has 0 saturated heterocycles. The Kier molecular flexibility index (Phi) is 4.39. The number of phenols is 2. The minimum atomic E-state index is -0.113. The minimum Gasteiger partial charge on any atom is -0.504 e. The van der Waals surface area contributed by atoms with Gasteiger partial charge in [0, 0.05) is 12.1 Å². The summed E-state index contributed by atoms with van der Waals surface area (Å²) >= 11 is 0. The third-order valence-corrected chi connectivity index (χ3v) is 1.88. The molecule has 0 heterocycles. The first kappa shape index (κ1) is 11.8. The fraction of sp³-hybridized carbons (Fsp3) is 0.455. The highest BCUT2D eigenvalue weighted by molar-refractivity contribution is 5.44. The molecule has 4 heteroatoms. The molecule has 0 aliphatic carbocycles. The first-order valence-corrected chi connectivity index (χ1v) is 4.95. The normalized spacial score (nSPS) is 10.9. The molecule has 1 rings (SSSR count). The Morgan fingerprint density at radius 1 is 1.33 bits per heavy atom. The van der Waals surface area contributed by atoms with Gasteiger partial charge >= 0.3 is 0 Å². The van der Waals surface area contributed by atoms with Crippen LogP contribution in [0.3, 0.4) is 0 Å². The van der Waals surface area contributed by atoms with E-state index in [0.29, 0.717) is 24.6 Å². The molecular formula is C11H17NO3. The molecule has 0 aliphatic rings. The number of hydrogen-bond acceptors (Lipinski definition) is 4. The average molecular weight is 211 g/mol. The molecule has 1 aromatic rings. The highest BCUT2D eigenvalue weighted by Gasteiger charge is 2.04. The van der Waals surface area contributed by atoms with Crippen molar-refractivity contribution in [3.05, 3.63) is 23.8 Å². The van der Waals surface area contributed by atoms with Gasteiger partial charge in [0.15, 0.2) is 11.5 Å². The first-order valence-electron chi connectivity index (χ1n) is 4.95. The van der Waals surface area contributed by atoms with Crippen molar-refractivity contribution in [1.29, 1.82) is 0 Å². The van der Waals surface area contributed by atoms with E-state index in [2.05, 4.69) is 5.48 Å². The van der Waals surface area contributed by atoms with Crippen LogP contribution in [0.1, 0.15) is 19.4 Å². The van der Waals surface area contributed by atoms with Crippen molar-refractivity contribution in [2.45, 2.75) is 20.4 Å². The second-order valence-corrected chi connectivity index (χ2v) is 3.81. The van der Waals surface area contributed by atoms with Gasteiger partial charge in [-0.1, -0.05) is 26.0 Å². The van der Waals surface area contributed by atoms with Crippen molar-refractivity contribution < 1.29 is 15.1 Å². The minimum absolute atomic E-state index is 0.0989. The van der Waals surface area contributed by atoms with Crippen LogP contribution in [-0.2, 0) is 11.4 Å². The zero-order valence-corrected chi connectivity index (χ0v) is 9.03. The molecule has 3 N–H and O–H groups in total. The molecule has 0 saturated carbocycles. The molecule has 0 radical (unpaired) electrons. The predicted molar refractivity (Wildman–Crippen MR) is 57.4 cm³/mol. The molecule has 0 atom stereocenters. The van der Waals surface area contributed by atoms with Crippen molar-refractivity contribution >= 4 is 0 Å². The predicted octanol–water partition coefficient (Wildman–Crippen LogP) is 1.78. The summed E-state index contributed by atoms with van der Waals surface area (Å²) in [6.07, 6.45) is 0. The Bertz CT molecular complexity index is 313. The summed E-state index contributed by atoms with van der Waals surface area (Å²) in [6.45, 7) is 5.08. The summed E-state index contributed by atoms with van der Waals surface area (Å²) < 4.78 is 0. The summed E-state index contributed by atoms with van der Waals surface area (Å²) in [5, 5.41) is 18.7. The standard InChI is InChI=1S/C11H17NO3/c1-8(2)7-15-12-6-9-4-3-5-10(13)11(9)14/h3-5,8,12-14H,6-7H2,1-2H3. The highest BCUT2D eigenvalue weighted by Crippen LogP contribution is 2.27. The summed E-state index contributed by atoms with van der Waals surface area (Å²) in [7, 11) is 0. The average Bonchev–Trinajstić information content (AvgIpc) is 2.18. The quantitative estimate of drug-likeness (QED) is 0.394. The first-order chi connectivity index (χ1) is 7.11. The van der Waals surface area contributed by atoms with Crippen molar-refractivity contribution in [3.63, 3.8) is 0 Å². The lowest BCUT2D eigenvalue weighted by molar-refractivity contribution is 0.0193. The van der Waals surface area contributed by atoms with E-state index in [1.165, 1.54) is 6.07 Å². The van der Waals surface area contributed by atoms with E-state index in [4.69, 9.17) is 4.84 Å². The third kappa shape index (κ3) is 3.77. The molecule has 0 aliphatic heterocycles. The number of nitrogens with one attached hydrogen (secondary N) is 1. The van der Waals surface area contributed by atoms with Crippen LogP contribution in [0.4, 0.5) is 0 Å². The number of phenolic OH excluding ortho intramolecular Hbond substituents is 2. The van der Waals surface area contributed by atoms with Gasteiger partial charge in [0.2, 0.25) is 0 Å². The van der Waals surface area contributed by atoms with Gasteiger partial charge in [-0.2, -0.15) is 5.48 Å². The lowest BCUT2D eigenvalue weighted by Gasteiger charge is -2.09. The number of hydroxylamine groups is 1. The number of hydrogen-bond donors (Lipinski definition) is 3. The second-order valence-electron chi connectivity index (χ2n) is 3.81. The number of rotatable bonds is 5. The summed E-state index contributed by atoms with van der Waals surface area (Å²) in [6, 6.07) is 4.84. The van der Waals surface area contributed by atoms with Crippen LogP contribution in [-0.4, -0.2) is 16.8 Å². The molecule has 0 unspecified atom stereocenters. The molecule has 84 valence electrons. The van der Waals surface area contributed by atoms with Crippen LogP contribution in [0.25, 0.3) is 0 Å². The fourth-order valence-electron chi connectivity index (χ4n) is 1.07. The molecule has 15 heavy (non-hydrogen) atoms. The molecule has 1 aromatic carbocycles. The molecular weight excluding hydrogens is 194 g/mol. The molecule has 4 nitrogen and oxygen atoms in total. The Hall–Kier alpha value is -1.26. The van der Waals surface area contributed by atoms with Crippen molar-refractivity contribution in [2.75, 3.05) is 6.61 Å². The van der Waals surface area contributed by atoms with Crippen molar-refractivity contribution in [1.82, 2.24) is 5.48 Å². The zero-order chi connectivity index (χ0) is 11.3. The molecule has 0 fully saturated rings. The van der Waals surface area contributed by atoms with E-state index < -0.39 is 0 Å². The van der Waals surface area contributed by atoms with E-state index in [-0.39, 0.29) is 11.5 Å². The van der Waals surface area contributed by atoms with Gasteiger partial charge in [0.25, 0.3) is 0 Å². The van der Waals surface area contributed by atoms with E-state index in [9.17, 15) is 10.2 Å². The monoisotopic (exact) mass is 211 g/mol. The molecule has 0 amide bonds. The van der Waals surface area contributed by atoms with Crippen molar-refractivity contribution in [3.8, 4) is 11.5 Å². The van der Waals surface area contributed by atoms with Crippen LogP contribution >= 0.6 is 0 Å². The van der Waals surface area contributed by atoms with Gasteiger partial charge in [0.1, 0.15) is 0 Å². The van der Waals surface area contributed by atoms with Gasteiger partial charge < -0.3 is 15.1 Å². The van der Waals surface area contributed by atoms with Crippen molar-refractivity contribution in [2.24, 2.45) is 5.92 Å². The van der Waals surface area contributed by atoms with E-state index in [1.54, 1.807) is 12.1 Å². The van der Waals surface area contributed by atoms with Gasteiger partial charge in [-0.05, 0) is 12.0 Å². The van der Waals surface area contributed by atoms with Crippen LogP contribution in [0, 0.1) is 5.92 Å². The zero-order valence-electron chi connectivity index (χ0n) is 9.03. The largest absolute Gasteiger partial charge is 0.504 e. The molecule has 0 spiro atoms. The summed E-state index contributed by atoms with van der Waals surface area (Å²) in [5.74, 6) is 0.242. The second kappa shape index (κ2) is 5.58. The highest BCUT2D eigenvalue weighted by atomic mass is 16.6. The van der Waals surface area contributed by atoms with Crippen LogP contribution in [0.2, 0.25) is 0 Å². The fourth-order valence-corrected chi connectivity index (χ4v) is 1.07. The van der Waals surface area contributed by atoms with Gasteiger partial charge in [-0.15, -0.1) is 0 Å². The SMILES string of the molecule is CC(C)CONCc1cccc(O)c1O. The molecule has 0 bridgehead atoms. The topological polar surface area (TPSA) is 61.7 Å². The lowest BCUT2D eigenvalue weighted by Crippen LogP contribution is -2.17. The smallest absolute Gasteiger partial charge is 0.162 e. The van der Waals surface area contributed by atoms with Crippen LogP contribution < -0.4 is 5.48 Å². The van der Waals surface area contributed by atoms with E-state index in [0.717, 1.165) is 0 Å². The Labute approximate surface area is 89.5 Å². The van der Waals surface area contributed by atoms with Crippen LogP contribution in [0.5, 0.6) is 11.5 Å². The maximum absolute atomic E-state index is 9.46.